The van der Waals surface area contributed by atoms with Gasteiger partial charge in [0.2, 0.25) is 0 Å². The number of rotatable bonds is 5. The molecule has 0 amide bonds. The third-order valence-electron chi connectivity index (χ3n) is 2.76. The molecule has 1 aromatic heterocycles. The molecule has 0 saturated carbocycles. The van der Waals surface area contributed by atoms with Crippen LogP contribution in [0.2, 0.25) is 4.34 Å². The van der Waals surface area contributed by atoms with Crippen LogP contribution >= 0.6 is 22.9 Å². The fourth-order valence-electron chi connectivity index (χ4n) is 1.94. The number of halogens is 1. The minimum absolute atomic E-state index is 0.740. The average molecular weight is 245 g/mol. The molecule has 0 aliphatic carbocycles. The van der Waals surface area contributed by atoms with E-state index in [4.69, 9.17) is 11.6 Å². The number of thiophene rings is 1. The van der Waals surface area contributed by atoms with Crippen LogP contribution in [0.5, 0.6) is 0 Å². The molecule has 84 valence electrons. The third-order valence-corrected chi connectivity index (χ3v) is 3.99. The molecule has 2 rings (SSSR count). The van der Waals surface area contributed by atoms with Gasteiger partial charge in [-0.3, -0.25) is 0 Å². The molecular formula is C11H17ClN2S. The Labute approximate surface area is 100 Å². The summed E-state index contributed by atoms with van der Waals surface area (Å²) >= 11 is 7.52. The summed E-state index contributed by atoms with van der Waals surface area (Å²) in [5.74, 6) is 0. The average Bonchev–Trinajstić information content (AvgIpc) is 2.84. The predicted octanol–water partition coefficient (Wildman–Crippen LogP) is 2.63. The Bertz CT molecular complexity index is 295. The van der Waals surface area contributed by atoms with Gasteiger partial charge in [0.25, 0.3) is 0 Å². The zero-order chi connectivity index (χ0) is 10.5. The second-order valence-electron chi connectivity index (χ2n) is 3.96. The van der Waals surface area contributed by atoms with E-state index in [1.165, 1.54) is 30.7 Å². The van der Waals surface area contributed by atoms with E-state index in [1.54, 1.807) is 11.3 Å². The highest BCUT2D eigenvalue weighted by Crippen LogP contribution is 2.20. The van der Waals surface area contributed by atoms with Crippen molar-refractivity contribution in [3.63, 3.8) is 0 Å². The molecule has 4 heteroatoms. The largest absolute Gasteiger partial charge is 0.314 e. The maximum Gasteiger partial charge on any atom is 0.0931 e. The summed E-state index contributed by atoms with van der Waals surface area (Å²) in [4.78, 5) is 1.32. The van der Waals surface area contributed by atoms with E-state index in [0.717, 1.165) is 23.5 Å². The lowest BCUT2D eigenvalue weighted by molar-refractivity contribution is 0.525. The molecule has 0 aromatic carbocycles. The zero-order valence-corrected chi connectivity index (χ0v) is 10.3. The highest BCUT2D eigenvalue weighted by atomic mass is 35.5. The lowest BCUT2D eigenvalue weighted by Crippen LogP contribution is -2.26. The molecule has 1 aliphatic heterocycles. The van der Waals surface area contributed by atoms with Crippen LogP contribution in [0.3, 0.4) is 0 Å². The molecule has 0 radical (unpaired) electrons. The van der Waals surface area contributed by atoms with Gasteiger partial charge in [0.05, 0.1) is 4.34 Å². The molecule has 15 heavy (non-hydrogen) atoms. The first kappa shape index (κ1) is 11.4. The van der Waals surface area contributed by atoms with Gasteiger partial charge >= 0.3 is 0 Å². The summed E-state index contributed by atoms with van der Waals surface area (Å²) < 4.78 is 0.879. The summed E-state index contributed by atoms with van der Waals surface area (Å²) in [6.45, 7) is 3.24. The van der Waals surface area contributed by atoms with Crippen LogP contribution < -0.4 is 10.6 Å². The Kier molecular flexibility index (Phi) is 4.44. The van der Waals surface area contributed by atoms with Crippen LogP contribution in [0.15, 0.2) is 12.1 Å². The van der Waals surface area contributed by atoms with Gasteiger partial charge in [0, 0.05) is 17.5 Å². The van der Waals surface area contributed by atoms with E-state index < -0.39 is 0 Å². The van der Waals surface area contributed by atoms with E-state index in [0.29, 0.717) is 0 Å². The first-order valence-electron chi connectivity index (χ1n) is 5.53. The summed E-state index contributed by atoms with van der Waals surface area (Å²) in [6, 6.07) is 4.79. The van der Waals surface area contributed by atoms with Crippen molar-refractivity contribution in [2.45, 2.75) is 31.8 Å². The summed E-state index contributed by atoms with van der Waals surface area (Å²) in [6.07, 6.45) is 3.91. The van der Waals surface area contributed by atoms with Gasteiger partial charge in [-0.1, -0.05) is 11.6 Å². The minimum Gasteiger partial charge on any atom is -0.314 e. The van der Waals surface area contributed by atoms with Crippen LogP contribution in [0.25, 0.3) is 0 Å². The molecule has 1 aromatic rings. The Balaban J connectivity index is 1.58. The van der Waals surface area contributed by atoms with Gasteiger partial charge in [-0.15, -0.1) is 11.3 Å². The lowest BCUT2D eigenvalue weighted by atomic mass is 10.1. The van der Waals surface area contributed by atoms with E-state index >= 15 is 0 Å². The number of hydrogen-bond donors (Lipinski definition) is 2. The maximum absolute atomic E-state index is 5.86. The normalized spacial score (nSPS) is 21.0. The Morgan fingerprint density at radius 2 is 2.47 bits per heavy atom. The van der Waals surface area contributed by atoms with Crippen molar-refractivity contribution in [1.82, 2.24) is 10.6 Å². The first-order valence-corrected chi connectivity index (χ1v) is 6.72. The second kappa shape index (κ2) is 5.85. The topological polar surface area (TPSA) is 24.1 Å². The van der Waals surface area contributed by atoms with Crippen LogP contribution in [-0.4, -0.2) is 19.1 Å². The molecule has 2 heterocycles. The van der Waals surface area contributed by atoms with Gasteiger partial charge in [-0.2, -0.15) is 0 Å². The van der Waals surface area contributed by atoms with Crippen molar-refractivity contribution in [2.75, 3.05) is 13.1 Å². The molecule has 1 fully saturated rings. The fraction of sp³-hybridized carbons (Fsp3) is 0.636. The van der Waals surface area contributed by atoms with E-state index in [9.17, 15) is 0 Å². The maximum atomic E-state index is 5.86. The Morgan fingerprint density at radius 3 is 3.13 bits per heavy atom. The van der Waals surface area contributed by atoms with Gasteiger partial charge in [0.1, 0.15) is 0 Å². The quantitative estimate of drug-likeness (QED) is 0.779. The highest BCUT2D eigenvalue weighted by Gasteiger charge is 2.12. The molecule has 0 spiro atoms. The third kappa shape index (κ3) is 3.76. The number of nitrogens with one attached hydrogen (secondary N) is 2. The van der Waals surface area contributed by atoms with E-state index in [2.05, 4.69) is 16.7 Å². The molecule has 2 N–H and O–H groups in total. The van der Waals surface area contributed by atoms with Crippen molar-refractivity contribution in [2.24, 2.45) is 0 Å². The van der Waals surface area contributed by atoms with Gasteiger partial charge in [-0.25, -0.2) is 0 Å². The Hall–Kier alpha value is -0.0900. The molecular weight excluding hydrogens is 228 g/mol. The first-order chi connectivity index (χ1) is 7.34. The zero-order valence-electron chi connectivity index (χ0n) is 8.76. The molecule has 2 nitrogen and oxygen atoms in total. The van der Waals surface area contributed by atoms with Gasteiger partial charge in [0.15, 0.2) is 0 Å². The van der Waals surface area contributed by atoms with Gasteiger partial charge < -0.3 is 10.6 Å². The van der Waals surface area contributed by atoms with Gasteiger partial charge in [-0.05, 0) is 44.5 Å². The van der Waals surface area contributed by atoms with Crippen LogP contribution in [0.1, 0.15) is 24.1 Å². The van der Waals surface area contributed by atoms with E-state index in [1.807, 2.05) is 6.07 Å². The summed E-state index contributed by atoms with van der Waals surface area (Å²) in [7, 11) is 0. The monoisotopic (exact) mass is 244 g/mol. The predicted molar refractivity (Wildman–Crippen MR) is 66.7 cm³/mol. The van der Waals surface area contributed by atoms with Crippen molar-refractivity contribution in [3.05, 3.63) is 21.3 Å². The van der Waals surface area contributed by atoms with Crippen molar-refractivity contribution in [3.8, 4) is 0 Å². The van der Waals surface area contributed by atoms with Crippen LogP contribution in [0.4, 0.5) is 0 Å². The van der Waals surface area contributed by atoms with Crippen LogP contribution in [-0.2, 0) is 6.54 Å². The standard InChI is InChI=1S/C11H17ClN2S/c12-11-4-3-10(15-11)8-13-7-5-9-2-1-6-14-9/h3-4,9,13-14H,1-2,5-8H2. The summed E-state index contributed by atoms with van der Waals surface area (Å²) in [5.41, 5.74) is 0. The number of hydrogen-bond acceptors (Lipinski definition) is 3. The van der Waals surface area contributed by atoms with Crippen molar-refractivity contribution in [1.29, 1.82) is 0 Å². The molecule has 1 saturated heterocycles. The minimum atomic E-state index is 0.740. The summed E-state index contributed by atoms with van der Waals surface area (Å²) in [5, 5.41) is 6.95. The van der Waals surface area contributed by atoms with Crippen molar-refractivity contribution < 1.29 is 0 Å². The SMILES string of the molecule is Clc1ccc(CNCCC2CCCN2)s1. The fourth-order valence-corrected chi connectivity index (χ4v) is 2.99. The molecule has 0 bridgehead atoms. The Morgan fingerprint density at radius 1 is 1.53 bits per heavy atom. The van der Waals surface area contributed by atoms with Crippen LogP contribution in [0, 0.1) is 0 Å². The molecule has 1 unspecified atom stereocenters. The highest BCUT2D eigenvalue weighted by molar-refractivity contribution is 7.16. The molecule has 1 atom stereocenters. The van der Waals surface area contributed by atoms with E-state index in [-0.39, 0.29) is 0 Å². The second-order valence-corrected chi connectivity index (χ2v) is 5.76. The smallest absolute Gasteiger partial charge is 0.0931 e. The van der Waals surface area contributed by atoms with Crippen molar-refractivity contribution >= 4 is 22.9 Å². The lowest BCUT2D eigenvalue weighted by Gasteiger charge is -2.09. The molecule has 1 aliphatic rings.